The van der Waals surface area contributed by atoms with Crippen molar-refractivity contribution in [2.75, 3.05) is 13.1 Å². The number of nitrogens with two attached hydrogens (primary N) is 1. The average Bonchev–Trinajstić information content (AvgIpc) is 3.67. The van der Waals surface area contributed by atoms with Crippen molar-refractivity contribution in [1.29, 1.82) is 5.26 Å². The first-order chi connectivity index (χ1) is 17.9. The number of hydrogen-bond donors (Lipinski definition) is 1. The Morgan fingerprint density at radius 2 is 2.00 bits per heavy atom. The number of halogens is 1. The molecule has 1 aliphatic heterocycles. The number of carbonyl (C=O) groups excluding carboxylic acids is 2. The molecule has 2 heterocycles. The van der Waals surface area contributed by atoms with Crippen LogP contribution in [0.4, 0.5) is 4.39 Å². The number of benzene rings is 1. The van der Waals surface area contributed by atoms with E-state index in [1.54, 1.807) is 0 Å². The zero-order valence-corrected chi connectivity index (χ0v) is 21.2. The first kappa shape index (κ1) is 25.3. The number of rotatable bonds is 9. The number of hydrogen-bond acceptors (Lipinski definition) is 5. The van der Waals surface area contributed by atoms with Crippen LogP contribution in [-0.4, -0.2) is 45.6 Å². The van der Waals surface area contributed by atoms with Crippen LogP contribution in [0.15, 0.2) is 36.5 Å². The van der Waals surface area contributed by atoms with E-state index in [0.717, 1.165) is 31.2 Å². The van der Waals surface area contributed by atoms with Crippen molar-refractivity contribution in [3.8, 4) is 6.07 Å². The monoisotopic (exact) mass is 503 g/mol. The summed E-state index contributed by atoms with van der Waals surface area (Å²) in [6, 6.07) is 10.7. The third-order valence-corrected chi connectivity index (χ3v) is 8.16. The smallest absolute Gasteiger partial charge is 0.252 e. The Balaban J connectivity index is 1.31. The van der Waals surface area contributed by atoms with Gasteiger partial charge in [-0.2, -0.15) is 10.4 Å². The van der Waals surface area contributed by atoms with Crippen LogP contribution in [0.25, 0.3) is 5.57 Å². The van der Waals surface area contributed by atoms with Crippen molar-refractivity contribution >= 4 is 17.3 Å². The van der Waals surface area contributed by atoms with E-state index in [4.69, 9.17) is 5.73 Å². The van der Waals surface area contributed by atoms with Crippen LogP contribution in [0.3, 0.4) is 0 Å². The fourth-order valence-electron chi connectivity index (χ4n) is 5.69. The summed E-state index contributed by atoms with van der Waals surface area (Å²) in [5, 5.41) is 14.1. The molecule has 5 rings (SSSR count). The molecule has 8 heteroatoms. The first-order valence-electron chi connectivity index (χ1n) is 13.3. The Morgan fingerprint density at radius 1 is 1.22 bits per heavy atom. The second-order valence-electron chi connectivity index (χ2n) is 10.8. The summed E-state index contributed by atoms with van der Waals surface area (Å²) in [5.41, 5.74) is 8.58. The van der Waals surface area contributed by atoms with Gasteiger partial charge < -0.3 is 5.73 Å². The van der Waals surface area contributed by atoms with Crippen LogP contribution in [0.5, 0.6) is 0 Å². The lowest BCUT2D eigenvalue weighted by atomic mass is 9.83. The van der Waals surface area contributed by atoms with Gasteiger partial charge in [0.25, 0.3) is 5.91 Å². The fraction of sp³-hybridized carbons (Fsp3) is 0.517. The van der Waals surface area contributed by atoms with Crippen molar-refractivity contribution in [1.82, 2.24) is 14.7 Å². The van der Waals surface area contributed by atoms with Crippen LogP contribution in [-0.2, 0) is 23.3 Å². The van der Waals surface area contributed by atoms with Gasteiger partial charge >= 0.3 is 0 Å². The van der Waals surface area contributed by atoms with Gasteiger partial charge in [0.05, 0.1) is 30.2 Å². The molecule has 7 nitrogen and oxygen atoms in total. The Labute approximate surface area is 217 Å². The molecule has 1 aromatic heterocycles. The lowest BCUT2D eigenvalue weighted by molar-refractivity contribution is -0.119. The third kappa shape index (κ3) is 5.37. The molecule has 2 unspecified atom stereocenters. The first-order valence-corrected chi connectivity index (χ1v) is 13.3. The Kier molecular flexibility index (Phi) is 7.25. The average molecular weight is 504 g/mol. The molecule has 2 aliphatic carbocycles. The van der Waals surface area contributed by atoms with E-state index < -0.39 is 17.6 Å². The molecule has 0 bridgehead atoms. The molecular weight excluding hydrogens is 469 g/mol. The van der Waals surface area contributed by atoms with Crippen molar-refractivity contribution in [3.05, 3.63) is 58.9 Å². The molecule has 2 fully saturated rings. The zero-order chi connectivity index (χ0) is 26.0. The minimum absolute atomic E-state index is 0.00848. The molecule has 2 N–H and O–H groups in total. The maximum Gasteiger partial charge on any atom is 0.252 e. The van der Waals surface area contributed by atoms with Gasteiger partial charge in [0.1, 0.15) is 17.5 Å². The molecule has 1 saturated carbocycles. The summed E-state index contributed by atoms with van der Waals surface area (Å²) >= 11 is 0. The Bertz CT molecular complexity index is 1240. The lowest BCUT2D eigenvalue weighted by Crippen LogP contribution is -2.54. The van der Waals surface area contributed by atoms with E-state index in [1.807, 2.05) is 0 Å². The molecule has 1 saturated heterocycles. The largest absolute Gasteiger partial charge is 0.365 e. The van der Waals surface area contributed by atoms with Gasteiger partial charge in [-0.05, 0) is 61.6 Å². The van der Waals surface area contributed by atoms with Gasteiger partial charge in [-0.3, -0.25) is 19.2 Å². The molecule has 0 radical (unpaired) electrons. The summed E-state index contributed by atoms with van der Waals surface area (Å²) in [6.45, 7) is 1.35. The van der Waals surface area contributed by atoms with E-state index in [0.29, 0.717) is 19.5 Å². The molecule has 3 aliphatic rings. The highest BCUT2D eigenvalue weighted by molar-refractivity contribution is 5.95. The SMILES string of the molecule is N#CCC1(n2cc(C(N)=O)c(CC(=O)C3CC3)n2)CCN(Cc2ccc(C3=CCCCC3)cc2)CC1F. The summed E-state index contributed by atoms with van der Waals surface area (Å²) in [7, 11) is 0. The van der Waals surface area contributed by atoms with E-state index in [9.17, 15) is 14.9 Å². The number of primary amides is 1. The predicted molar refractivity (Wildman–Crippen MR) is 138 cm³/mol. The minimum atomic E-state index is -1.37. The lowest BCUT2D eigenvalue weighted by Gasteiger charge is -2.43. The van der Waals surface area contributed by atoms with E-state index in [2.05, 4.69) is 46.4 Å². The van der Waals surface area contributed by atoms with Gasteiger partial charge in [0.2, 0.25) is 0 Å². The normalized spacial score (nSPS) is 24.3. The highest BCUT2D eigenvalue weighted by Crippen LogP contribution is 2.37. The number of likely N-dealkylation sites (tertiary alicyclic amines) is 1. The molecule has 2 aromatic rings. The van der Waals surface area contributed by atoms with E-state index >= 15 is 4.39 Å². The van der Waals surface area contributed by atoms with Crippen LogP contribution < -0.4 is 5.73 Å². The highest BCUT2D eigenvalue weighted by Gasteiger charge is 2.46. The number of aromatic nitrogens is 2. The topological polar surface area (TPSA) is 105 Å². The van der Waals surface area contributed by atoms with Crippen LogP contribution in [0, 0.1) is 17.2 Å². The van der Waals surface area contributed by atoms with Gasteiger partial charge in [0, 0.05) is 31.7 Å². The number of alkyl halides is 1. The number of ketones is 1. The quantitative estimate of drug-likeness (QED) is 0.549. The number of nitriles is 1. The second-order valence-corrected chi connectivity index (χ2v) is 10.8. The Morgan fingerprint density at radius 3 is 2.62 bits per heavy atom. The molecule has 37 heavy (non-hydrogen) atoms. The van der Waals surface area contributed by atoms with Crippen molar-refractivity contribution in [2.24, 2.45) is 11.7 Å². The summed E-state index contributed by atoms with van der Waals surface area (Å²) in [5.74, 6) is -0.652. The van der Waals surface area contributed by atoms with Crippen LogP contribution in [0.2, 0.25) is 0 Å². The minimum Gasteiger partial charge on any atom is -0.365 e. The number of allylic oxidation sites excluding steroid dienone is 2. The van der Waals surface area contributed by atoms with Crippen LogP contribution in [0.1, 0.15) is 78.5 Å². The number of amides is 1. The maximum absolute atomic E-state index is 15.9. The number of nitrogens with zero attached hydrogens (tertiary/aromatic N) is 4. The van der Waals surface area contributed by atoms with Crippen molar-refractivity contribution < 1.29 is 14.0 Å². The number of piperidine rings is 1. The third-order valence-electron chi connectivity index (χ3n) is 8.16. The standard InChI is InChI=1S/C29H34FN5O2/c30-27-19-34(17-20-6-8-22(9-7-20)21-4-2-1-3-5-21)15-13-29(27,12-14-31)35-18-24(28(32)37)25(33-35)16-26(36)23-10-11-23/h4,6-9,18,23,27H,1-3,5,10-13,15-17,19H2,(H2,32,37). The van der Waals surface area contributed by atoms with Gasteiger partial charge in [-0.15, -0.1) is 0 Å². The highest BCUT2D eigenvalue weighted by atomic mass is 19.1. The Hall–Kier alpha value is -3.31. The molecule has 194 valence electrons. The molecular formula is C29H34FN5O2. The molecule has 0 spiro atoms. The van der Waals surface area contributed by atoms with E-state index in [1.165, 1.54) is 34.9 Å². The predicted octanol–water partition coefficient (Wildman–Crippen LogP) is 4.31. The number of Topliss-reactive ketones (excluding diaryl/α,β-unsaturated/α-hetero) is 1. The summed E-state index contributed by atoms with van der Waals surface area (Å²) in [6.07, 6.45) is 9.16. The summed E-state index contributed by atoms with van der Waals surface area (Å²) < 4.78 is 17.4. The molecule has 1 aromatic carbocycles. The maximum atomic E-state index is 15.9. The van der Waals surface area contributed by atoms with E-state index in [-0.39, 0.29) is 42.3 Å². The van der Waals surface area contributed by atoms with Crippen molar-refractivity contribution in [3.63, 3.8) is 0 Å². The molecule has 1 amide bonds. The fourth-order valence-corrected chi connectivity index (χ4v) is 5.69. The zero-order valence-electron chi connectivity index (χ0n) is 21.2. The van der Waals surface area contributed by atoms with Crippen LogP contribution >= 0.6 is 0 Å². The molecule has 2 atom stereocenters. The number of carbonyl (C=O) groups is 2. The van der Waals surface area contributed by atoms with Gasteiger partial charge in [-0.1, -0.05) is 30.3 Å². The van der Waals surface area contributed by atoms with Crippen molar-refractivity contribution in [2.45, 2.75) is 76.0 Å². The van der Waals surface area contributed by atoms with Gasteiger partial charge in [-0.25, -0.2) is 4.39 Å². The summed E-state index contributed by atoms with van der Waals surface area (Å²) in [4.78, 5) is 26.6. The van der Waals surface area contributed by atoms with Gasteiger partial charge in [0.15, 0.2) is 0 Å². The second kappa shape index (κ2) is 10.6.